The summed E-state index contributed by atoms with van der Waals surface area (Å²) in [6, 6.07) is 5.52. The van der Waals surface area contributed by atoms with Crippen LogP contribution in [0.2, 0.25) is 5.02 Å². The average Bonchev–Trinajstić information content (AvgIpc) is 3.17. The summed E-state index contributed by atoms with van der Waals surface area (Å²) in [6.07, 6.45) is 1.99. The molecule has 5 heteroatoms. The van der Waals surface area contributed by atoms with Crippen LogP contribution in [0.3, 0.4) is 0 Å². The molecule has 2 amide bonds. The van der Waals surface area contributed by atoms with Crippen molar-refractivity contribution < 1.29 is 9.59 Å². The molecule has 1 aliphatic rings. The predicted molar refractivity (Wildman–Crippen MR) is 79.8 cm³/mol. The highest BCUT2D eigenvalue weighted by Gasteiger charge is 2.38. The van der Waals surface area contributed by atoms with Crippen LogP contribution in [0, 0.1) is 12.3 Å². The monoisotopic (exact) mass is 294 g/mol. The molecule has 0 unspecified atom stereocenters. The van der Waals surface area contributed by atoms with E-state index in [2.05, 4.69) is 10.6 Å². The second-order valence-corrected chi connectivity index (χ2v) is 6.20. The number of hydrogen-bond acceptors (Lipinski definition) is 2. The van der Waals surface area contributed by atoms with Gasteiger partial charge in [-0.3, -0.25) is 9.59 Å². The van der Waals surface area contributed by atoms with Gasteiger partial charge in [0, 0.05) is 16.8 Å². The van der Waals surface area contributed by atoms with Gasteiger partial charge in [-0.1, -0.05) is 17.7 Å². The molecule has 1 fully saturated rings. The molecule has 1 saturated carbocycles. The third kappa shape index (κ3) is 3.31. The Balaban J connectivity index is 2.05. The lowest BCUT2D eigenvalue weighted by molar-refractivity contribution is -0.138. The maximum atomic E-state index is 12.3. The molecule has 0 aromatic heterocycles. The highest BCUT2D eigenvalue weighted by Crippen LogP contribution is 2.25. The molecule has 1 aromatic rings. The number of nitrogens with one attached hydrogen (secondary N) is 2. The molecule has 4 nitrogen and oxygen atoms in total. The number of carbonyl (C=O) groups is 2. The molecule has 0 aliphatic heterocycles. The maximum Gasteiger partial charge on any atom is 0.239 e. The van der Waals surface area contributed by atoms with E-state index in [0.717, 1.165) is 18.4 Å². The first-order chi connectivity index (χ1) is 9.30. The van der Waals surface area contributed by atoms with Crippen LogP contribution in [0.15, 0.2) is 18.2 Å². The van der Waals surface area contributed by atoms with Crippen LogP contribution >= 0.6 is 11.6 Å². The molecule has 1 aliphatic carbocycles. The molecule has 0 spiro atoms. The van der Waals surface area contributed by atoms with Crippen LogP contribution in [0.5, 0.6) is 0 Å². The topological polar surface area (TPSA) is 58.2 Å². The summed E-state index contributed by atoms with van der Waals surface area (Å²) in [6.45, 7) is 5.13. The maximum absolute atomic E-state index is 12.3. The normalized spacial score (nSPS) is 14.8. The zero-order valence-electron chi connectivity index (χ0n) is 11.9. The van der Waals surface area contributed by atoms with Crippen molar-refractivity contribution in [2.75, 3.05) is 5.32 Å². The third-order valence-corrected chi connectivity index (χ3v) is 3.88. The molecule has 2 rings (SSSR count). The Labute approximate surface area is 123 Å². The van der Waals surface area contributed by atoms with E-state index in [0.29, 0.717) is 10.7 Å². The number of rotatable bonds is 4. The Morgan fingerprint density at radius 2 is 1.90 bits per heavy atom. The van der Waals surface area contributed by atoms with Gasteiger partial charge in [-0.2, -0.15) is 0 Å². The van der Waals surface area contributed by atoms with Crippen molar-refractivity contribution in [3.8, 4) is 0 Å². The SMILES string of the molecule is Cc1ccc(NC(=O)C(C)(C)C(=O)NC2CC2)cc1Cl. The number of hydrogen-bond donors (Lipinski definition) is 2. The molecule has 0 atom stereocenters. The smallest absolute Gasteiger partial charge is 0.239 e. The van der Waals surface area contributed by atoms with E-state index >= 15 is 0 Å². The van der Waals surface area contributed by atoms with E-state index in [1.54, 1.807) is 26.0 Å². The first kappa shape index (κ1) is 14.9. The molecule has 108 valence electrons. The average molecular weight is 295 g/mol. The van der Waals surface area contributed by atoms with E-state index < -0.39 is 5.41 Å². The molecule has 0 heterocycles. The minimum atomic E-state index is -1.11. The summed E-state index contributed by atoms with van der Waals surface area (Å²) >= 11 is 6.02. The number of halogens is 1. The molecule has 0 radical (unpaired) electrons. The summed E-state index contributed by atoms with van der Waals surface area (Å²) in [5.74, 6) is -0.578. The number of amides is 2. The van der Waals surface area contributed by atoms with Gasteiger partial charge in [0.1, 0.15) is 5.41 Å². The quantitative estimate of drug-likeness (QED) is 0.839. The fourth-order valence-corrected chi connectivity index (χ4v) is 1.84. The zero-order chi connectivity index (χ0) is 14.9. The Morgan fingerprint density at radius 1 is 1.25 bits per heavy atom. The number of anilines is 1. The lowest BCUT2D eigenvalue weighted by Crippen LogP contribution is -2.45. The van der Waals surface area contributed by atoms with Crippen LogP contribution in [-0.4, -0.2) is 17.9 Å². The molecule has 20 heavy (non-hydrogen) atoms. The number of benzene rings is 1. The lowest BCUT2D eigenvalue weighted by atomic mass is 9.91. The highest BCUT2D eigenvalue weighted by atomic mass is 35.5. The van der Waals surface area contributed by atoms with Crippen molar-refractivity contribution in [3.63, 3.8) is 0 Å². The Hall–Kier alpha value is -1.55. The van der Waals surface area contributed by atoms with Gasteiger partial charge >= 0.3 is 0 Å². The standard InChI is InChI=1S/C15H19ClN2O2/c1-9-4-5-11(8-12(9)16)18-14(20)15(2,3)13(19)17-10-6-7-10/h4-5,8,10H,6-7H2,1-3H3,(H,17,19)(H,18,20). The van der Waals surface area contributed by atoms with Crippen molar-refractivity contribution in [1.29, 1.82) is 0 Å². The second-order valence-electron chi connectivity index (χ2n) is 5.79. The molecule has 2 N–H and O–H groups in total. The van der Waals surface area contributed by atoms with Gasteiger partial charge in [-0.15, -0.1) is 0 Å². The van der Waals surface area contributed by atoms with Crippen molar-refractivity contribution in [1.82, 2.24) is 5.32 Å². The lowest BCUT2D eigenvalue weighted by Gasteiger charge is -2.22. The highest BCUT2D eigenvalue weighted by molar-refractivity contribution is 6.31. The minimum Gasteiger partial charge on any atom is -0.352 e. The van der Waals surface area contributed by atoms with Gasteiger partial charge in [0.05, 0.1) is 0 Å². The number of aryl methyl sites for hydroxylation is 1. The fraction of sp³-hybridized carbons (Fsp3) is 0.467. The number of carbonyl (C=O) groups excluding carboxylic acids is 2. The van der Waals surface area contributed by atoms with Gasteiger partial charge in [0.2, 0.25) is 11.8 Å². The van der Waals surface area contributed by atoms with E-state index in [1.165, 1.54) is 0 Å². The van der Waals surface area contributed by atoms with Crippen molar-refractivity contribution in [2.24, 2.45) is 5.41 Å². The van der Waals surface area contributed by atoms with E-state index in [1.807, 2.05) is 13.0 Å². The minimum absolute atomic E-state index is 0.239. The first-order valence-corrected chi connectivity index (χ1v) is 7.07. The Bertz CT molecular complexity index is 551. The van der Waals surface area contributed by atoms with Crippen LogP contribution in [0.1, 0.15) is 32.3 Å². The molecule has 0 bridgehead atoms. The van der Waals surface area contributed by atoms with Gasteiger partial charge < -0.3 is 10.6 Å². The zero-order valence-corrected chi connectivity index (χ0v) is 12.7. The van der Waals surface area contributed by atoms with Crippen LogP contribution < -0.4 is 10.6 Å². The van der Waals surface area contributed by atoms with E-state index in [9.17, 15) is 9.59 Å². The Kier molecular flexibility index (Phi) is 4.04. The van der Waals surface area contributed by atoms with E-state index in [-0.39, 0.29) is 17.9 Å². The summed E-state index contributed by atoms with van der Waals surface area (Å²) in [5, 5.41) is 6.18. The van der Waals surface area contributed by atoms with Gasteiger partial charge in [0.25, 0.3) is 0 Å². The summed E-state index contributed by atoms with van der Waals surface area (Å²) in [4.78, 5) is 24.3. The van der Waals surface area contributed by atoms with Crippen molar-refractivity contribution >= 4 is 29.1 Å². The molecule has 1 aromatic carbocycles. The van der Waals surface area contributed by atoms with Crippen LogP contribution in [0.25, 0.3) is 0 Å². The van der Waals surface area contributed by atoms with E-state index in [4.69, 9.17) is 11.6 Å². The molecule has 0 saturated heterocycles. The summed E-state index contributed by atoms with van der Waals surface area (Å²) in [7, 11) is 0. The fourth-order valence-electron chi connectivity index (χ4n) is 1.65. The predicted octanol–water partition coefficient (Wildman–Crippen LogP) is 2.89. The van der Waals surface area contributed by atoms with Crippen molar-refractivity contribution in [2.45, 2.75) is 39.7 Å². The van der Waals surface area contributed by atoms with Gasteiger partial charge in [0.15, 0.2) is 0 Å². The molecular weight excluding hydrogens is 276 g/mol. The van der Waals surface area contributed by atoms with Gasteiger partial charge in [-0.05, 0) is 51.3 Å². The van der Waals surface area contributed by atoms with Crippen LogP contribution in [0.4, 0.5) is 5.69 Å². The largest absolute Gasteiger partial charge is 0.352 e. The third-order valence-electron chi connectivity index (χ3n) is 3.48. The molecular formula is C15H19ClN2O2. The second kappa shape index (κ2) is 5.44. The first-order valence-electron chi connectivity index (χ1n) is 6.69. The summed E-state index contributed by atoms with van der Waals surface area (Å²) < 4.78 is 0. The van der Waals surface area contributed by atoms with Crippen LogP contribution in [-0.2, 0) is 9.59 Å². The summed E-state index contributed by atoms with van der Waals surface area (Å²) in [5.41, 5.74) is 0.424. The van der Waals surface area contributed by atoms with Gasteiger partial charge in [-0.25, -0.2) is 0 Å². The van der Waals surface area contributed by atoms with Crippen molar-refractivity contribution in [3.05, 3.63) is 28.8 Å². The Morgan fingerprint density at radius 3 is 2.45 bits per heavy atom.